The summed E-state index contributed by atoms with van der Waals surface area (Å²) >= 11 is 0. The summed E-state index contributed by atoms with van der Waals surface area (Å²) in [5.74, 6) is -0.404. The van der Waals surface area contributed by atoms with Gasteiger partial charge in [-0.05, 0) is 5.56 Å². The predicted molar refractivity (Wildman–Crippen MR) is 52.7 cm³/mol. The summed E-state index contributed by atoms with van der Waals surface area (Å²) in [7, 11) is 0. The highest BCUT2D eigenvalue weighted by atomic mass is 16.5. The fourth-order valence-electron chi connectivity index (χ4n) is 1.04. The molecule has 1 atom stereocenters. The summed E-state index contributed by atoms with van der Waals surface area (Å²) in [5.41, 5.74) is 1.06. The van der Waals surface area contributed by atoms with E-state index in [4.69, 9.17) is 9.84 Å². The van der Waals surface area contributed by atoms with Crippen molar-refractivity contribution in [2.45, 2.75) is 6.61 Å². The zero-order chi connectivity index (χ0) is 10.2. The minimum absolute atomic E-state index is 0.154. The van der Waals surface area contributed by atoms with Gasteiger partial charge in [0.1, 0.15) is 6.29 Å². The molecule has 0 saturated carbocycles. The Bertz CT molecular complexity index is 258. The maximum Gasteiger partial charge on any atom is 0.127 e. The standard InChI is InChI=1S/C11H14O3/c12-6-11(7-13)9-14-8-10-4-2-1-3-5-10/h1-6,11,13H,7-9H2. The van der Waals surface area contributed by atoms with Crippen molar-refractivity contribution in [2.75, 3.05) is 13.2 Å². The van der Waals surface area contributed by atoms with Gasteiger partial charge in [0, 0.05) is 0 Å². The van der Waals surface area contributed by atoms with E-state index in [-0.39, 0.29) is 13.2 Å². The van der Waals surface area contributed by atoms with E-state index in [1.807, 2.05) is 30.3 Å². The van der Waals surface area contributed by atoms with E-state index in [1.54, 1.807) is 0 Å². The van der Waals surface area contributed by atoms with Gasteiger partial charge >= 0.3 is 0 Å². The highest BCUT2D eigenvalue weighted by Gasteiger charge is 2.04. The van der Waals surface area contributed by atoms with E-state index < -0.39 is 5.92 Å². The van der Waals surface area contributed by atoms with E-state index in [9.17, 15) is 4.79 Å². The normalized spacial score (nSPS) is 12.4. The first kappa shape index (κ1) is 10.9. The SMILES string of the molecule is O=CC(CO)COCc1ccccc1. The topological polar surface area (TPSA) is 46.5 Å². The lowest BCUT2D eigenvalue weighted by Crippen LogP contribution is -2.15. The molecule has 0 radical (unpaired) electrons. The Morgan fingerprint density at radius 2 is 2.07 bits per heavy atom. The second kappa shape index (κ2) is 6.29. The van der Waals surface area contributed by atoms with Gasteiger partial charge in [-0.3, -0.25) is 0 Å². The lowest BCUT2D eigenvalue weighted by Gasteiger charge is -2.07. The van der Waals surface area contributed by atoms with Crippen LogP contribution in [0.3, 0.4) is 0 Å². The average molecular weight is 194 g/mol. The van der Waals surface area contributed by atoms with Crippen molar-refractivity contribution < 1.29 is 14.6 Å². The minimum Gasteiger partial charge on any atom is -0.396 e. The Morgan fingerprint density at radius 1 is 1.36 bits per heavy atom. The number of aliphatic hydroxyl groups is 1. The maximum absolute atomic E-state index is 10.3. The van der Waals surface area contributed by atoms with Crippen molar-refractivity contribution >= 4 is 6.29 Å². The van der Waals surface area contributed by atoms with Crippen LogP contribution in [0, 0.1) is 5.92 Å². The quantitative estimate of drug-likeness (QED) is 0.687. The van der Waals surface area contributed by atoms with Gasteiger partial charge in [0.05, 0.1) is 25.7 Å². The van der Waals surface area contributed by atoms with Crippen LogP contribution in [0.4, 0.5) is 0 Å². The molecule has 14 heavy (non-hydrogen) atoms. The van der Waals surface area contributed by atoms with Gasteiger partial charge in [-0.25, -0.2) is 0 Å². The van der Waals surface area contributed by atoms with Crippen molar-refractivity contribution in [1.82, 2.24) is 0 Å². The van der Waals surface area contributed by atoms with Crippen LogP contribution in [0.1, 0.15) is 5.56 Å². The molecule has 3 heteroatoms. The zero-order valence-corrected chi connectivity index (χ0v) is 7.93. The number of ether oxygens (including phenoxy) is 1. The molecule has 0 spiro atoms. The zero-order valence-electron chi connectivity index (χ0n) is 7.93. The van der Waals surface area contributed by atoms with Gasteiger partial charge in [-0.1, -0.05) is 30.3 Å². The maximum atomic E-state index is 10.3. The van der Waals surface area contributed by atoms with Gasteiger partial charge < -0.3 is 14.6 Å². The van der Waals surface area contributed by atoms with Crippen LogP contribution in [0.25, 0.3) is 0 Å². The first-order chi connectivity index (χ1) is 6.86. The Morgan fingerprint density at radius 3 is 2.64 bits per heavy atom. The van der Waals surface area contributed by atoms with Crippen LogP contribution in [0.5, 0.6) is 0 Å². The molecule has 1 aromatic rings. The first-order valence-corrected chi connectivity index (χ1v) is 4.54. The van der Waals surface area contributed by atoms with Crippen molar-refractivity contribution in [3.05, 3.63) is 35.9 Å². The summed E-state index contributed by atoms with van der Waals surface area (Å²) in [6.45, 7) is 0.596. The third-order valence-electron chi connectivity index (χ3n) is 1.87. The van der Waals surface area contributed by atoms with Crippen molar-refractivity contribution in [3.8, 4) is 0 Å². The van der Waals surface area contributed by atoms with E-state index in [0.717, 1.165) is 5.56 Å². The number of hydrogen-bond donors (Lipinski definition) is 1. The third-order valence-corrected chi connectivity index (χ3v) is 1.87. The number of benzene rings is 1. The molecule has 0 aliphatic rings. The van der Waals surface area contributed by atoms with Crippen molar-refractivity contribution in [1.29, 1.82) is 0 Å². The number of carbonyl (C=O) groups excluding carboxylic acids is 1. The van der Waals surface area contributed by atoms with Gasteiger partial charge in [-0.15, -0.1) is 0 Å². The van der Waals surface area contributed by atoms with E-state index in [0.29, 0.717) is 12.9 Å². The second-order valence-corrected chi connectivity index (χ2v) is 3.08. The largest absolute Gasteiger partial charge is 0.396 e. The Hall–Kier alpha value is -1.19. The van der Waals surface area contributed by atoms with Crippen LogP contribution in [0.15, 0.2) is 30.3 Å². The summed E-state index contributed by atoms with van der Waals surface area (Å²) in [4.78, 5) is 10.3. The minimum atomic E-state index is -0.404. The smallest absolute Gasteiger partial charge is 0.127 e. The number of aldehydes is 1. The molecular weight excluding hydrogens is 180 g/mol. The first-order valence-electron chi connectivity index (χ1n) is 4.54. The van der Waals surface area contributed by atoms with Gasteiger partial charge in [0.2, 0.25) is 0 Å². The molecule has 0 bridgehead atoms. The number of hydrogen-bond acceptors (Lipinski definition) is 3. The molecule has 3 nitrogen and oxygen atoms in total. The number of rotatable bonds is 6. The lowest BCUT2D eigenvalue weighted by atomic mass is 10.2. The van der Waals surface area contributed by atoms with Gasteiger partial charge in [0.25, 0.3) is 0 Å². The summed E-state index contributed by atoms with van der Waals surface area (Å²) in [6, 6.07) is 9.71. The molecule has 1 rings (SSSR count). The van der Waals surface area contributed by atoms with Crippen LogP contribution < -0.4 is 0 Å². The van der Waals surface area contributed by atoms with Crippen LogP contribution >= 0.6 is 0 Å². The summed E-state index contributed by atoms with van der Waals surface area (Å²) < 4.78 is 5.27. The molecular formula is C11H14O3. The molecule has 0 aromatic heterocycles. The molecule has 0 aliphatic carbocycles. The fraction of sp³-hybridized carbons (Fsp3) is 0.364. The molecule has 0 saturated heterocycles. The van der Waals surface area contributed by atoms with Crippen LogP contribution in [0.2, 0.25) is 0 Å². The molecule has 0 amide bonds. The Kier molecular flexibility index (Phi) is 4.89. The second-order valence-electron chi connectivity index (χ2n) is 3.08. The number of aliphatic hydroxyl groups excluding tert-OH is 1. The van der Waals surface area contributed by atoms with Gasteiger partial charge in [-0.2, -0.15) is 0 Å². The van der Waals surface area contributed by atoms with Crippen molar-refractivity contribution in [2.24, 2.45) is 5.92 Å². The highest BCUT2D eigenvalue weighted by Crippen LogP contribution is 2.01. The van der Waals surface area contributed by atoms with E-state index in [2.05, 4.69) is 0 Å². The highest BCUT2D eigenvalue weighted by molar-refractivity contribution is 5.53. The predicted octanol–water partition coefficient (Wildman–Crippen LogP) is 1.01. The van der Waals surface area contributed by atoms with Gasteiger partial charge in [0.15, 0.2) is 0 Å². The van der Waals surface area contributed by atoms with Crippen LogP contribution in [-0.2, 0) is 16.1 Å². The molecule has 0 aliphatic heterocycles. The summed E-state index contributed by atoms with van der Waals surface area (Å²) in [5, 5.41) is 8.71. The average Bonchev–Trinajstić information content (AvgIpc) is 2.26. The summed E-state index contributed by atoms with van der Waals surface area (Å²) in [6.07, 6.45) is 0.713. The van der Waals surface area contributed by atoms with E-state index in [1.165, 1.54) is 0 Å². The monoisotopic (exact) mass is 194 g/mol. The molecule has 1 N–H and O–H groups in total. The van der Waals surface area contributed by atoms with Crippen molar-refractivity contribution in [3.63, 3.8) is 0 Å². The van der Waals surface area contributed by atoms with E-state index >= 15 is 0 Å². The molecule has 0 heterocycles. The molecule has 1 aromatic carbocycles. The fourth-order valence-corrected chi connectivity index (χ4v) is 1.04. The Balaban J connectivity index is 2.25. The molecule has 76 valence electrons. The molecule has 1 unspecified atom stereocenters. The molecule has 0 fully saturated rings. The third kappa shape index (κ3) is 3.68. The lowest BCUT2D eigenvalue weighted by molar-refractivity contribution is -0.114. The Labute approximate surface area is 83.3 Å². The van der Waals surface area contributed by atoms with Crippen LogP contribution in [-0.4, -0.2) is 24.6 Å². The number of carbonyl (C=O) groups is 1.